The molecule has 1 fully saturated rings. The summed E-state index contributed by atoms with van der Waals surface area (Å²) in [6.07, 6.45) is -2.40. The number of hydrogen-bond acceptors (Lipinski definition) is 4. The lowest BCUT2D eigenvalue weighted by Crippen LogP contribution is -2.42. The number of guanidine groups is 1. The largest absolute Gasteiger partial charge is 0.573 e. The zero-order chi connectivity index (χ0) is 19.2. The van der Waals surface area contributed by atoms with Gasteiger partial charge in [-0.1, -0.05) is 0 Å². The second kappa shape index (κ2) is 10.9. The van der Waals surface area contributed by atoms with Crippen LogP contribution in [-0.4, -0.2) is 68.4 Å². The third kappa shape index (κ3) is 8.98. The predicted molar refractivity (Wildman–Crippen MR) is 112 cm³/mol. The Balaban J connectivity index is 0.00000364. The van der Waals surface area contributed by atoms with Gasteiger partial charge in [-0.3, -0.25) is 4.99 Å². The Bertz CT molecular complexity index is 587. The van der Waals surface area contributed by atoms with Crippen molar-refractivity contribution >= 4 is 35.6 Å². The molecule has 0 saturated carbocycles. The van der Waals surface area contributed by atoms with Gasteiger partial charge in [0, 0.05) is 18.3 Å². The Morgan fingerprint density at radius 3 is 2.37 bits per heavy atom. The van der Waals surface area contributed by atoms with Crippen LogP contribution in [0, 0.1) is 0 Å². The topological polar surface area (TPSA) is 66.1 Å². The van der Waals surface area contributed by atoms with E-state index >= 15 is 0 Å². The van der Waals surface area contributed by atoms with Gasteiger partial charge >= 0.3 is 6.36 Å². The van der Waals surface area contributed by atoms with E-state index in [1.165, 1.54) is 24.3 Å². The molecule has 0 amide bonds. The number of ether oxygens (including phenoxy) is 1. The first-order chi connectivity index (χ1) is 12.2. The molecule has 0 unspecified atom stereocenters. The first-order valence-corrected chi connectivity index (χ1v) is 8.54. The molecular formula is C17H27F3IN5O. The van der Waals surface area contributed by atoms with Crippen molar-refractivity contribution in [2.75, 3.05) is 45.6 Å². The van der Waals surface area contributed by atoms with Gasteiger partial charge in [-0.25, -0.2) is 0 Å². The van der Waals surface area contributed by atoms with Gasteiger partial charge in [-0.05, 0) is 64.3 Å². The molecule has 1 aliphatic heterocycles. The van der Waals surface area contributed by atoms with Crippen LogP contribution >= 0.6 is 24.0 Å². The maximum atomic E-state index is 12.1. The third-order valence-electron chi connectivity index (χ3n) is 4.35. The molecule has 0 aromatic heterocycles. The maximum Gasteiger partial charge on any atom is 0.573 e. The monoisotopic (exact) mass is 501 g/mol. The summed E-state index contributed by atoms with van der Waals surface area (Å²) in [5, 5.41) is 2.86. The van der Waals surface area contributed by atoms with Crippen LogP contribution in [0.5, 0.6) is 5.75 Å². The molecule has 0 bridgehead atoms. The van der Waals surface area contributed by atoms with Crippen LogP contribution in [-0.2, 0) is 0 Å². The van der Waals surface area contributed by atoms with E-state index in [-0.39, 0.29) is 35.7 Å². The number of piperidine rings is 1. The second-order valence-corrected chi connectivity index (χ2v) is 6.50. The van der Waals surface area contributed by atoms with Crippen LogP contribution in [0.3, 0.4) is 0 Å². The van der Waals surface area contributed by atoms with Crippen molar-refractivity contribution in [3.63, 3.8) is 0 Å². The summed E-state index contributed by atoms with van der Waals surface area (Å²) >= 11 is 0. The molecule has 1 aromatic carbocycles. The number of benzene rings is 1. The summed E-state index contributed by atoms with van der Waals surface area (Å²) in [7, 11) is 4.22. The molecule has 1 aliphatic rings. The van der Waals surface area contributed by atoms with Gasteiger partial charge < -0.3 is 25.6 Å². The van der Waals surface area contributed by atoms with Gasteiger partial charge in [0.1, 0.15) is 5.75 Å². The summed E-state index contributed by atoms with van der Waals surface area (Å²) < 4.78 is 40.2. The fraction of sp³-hybridized carbons (Fsp3) is 0.588. The lowest BCUT2D eigenvalue weighted by Gasteiger charge is -2.34. The number of nitrogens with two attached hydrogens (primary N) is 1. The zero-order valence-corrected chi connectivity index (χ0v) is 17.8. The van der Waals surface area contributed by atoms with Crippen molar-refractivity contribution < 1.29 is 17.9 Å². The first kappa shape index (κ1) is 23.8. The van der Waals surface area contributed by atoms with Gasteiger partial charge in [0.15, 0.2) is 5.96 Å². The number of hydrogen-bond donors (Lipinski definition) is 2. The summed E-state index contributed by atoms with van der Waals surface area (Å²) in [4.78, 5) is 8.90. The number of anilines is 1. The normalized spacial score (nSPS) is 16.9. The van der Waals surface area contributed by atoms with E-state index in [9.17, 15) is 13.2 Å². The highest BCUT2D eigenvalue weighted by molar-refractivity contribution is 14.0. The van der Waals surface area contributed by atoms with Crippen LogP contribution in [0.15, 0.2) is 29.3 Å². The average molecular weight is 501 g/mol. The molecule has 1 saturated heterocycles. The average Bonchev–Trinajstić information content (AvgIpc) is 2.56. The number of aliphatic imine (C=N–C) groups is 1. The van der Waals surface area contributed by atoms with E-state index in [1.807, 2.05) is 0 Å². The van der Waals surface area contributed by atoms with Crippen molar-refractivity contribution in [1.82, 2.24) is 9.80 Å². The molecular weight excluding hydrogens is 474 g/mol. The molecule has 6 nitrogen and oxygen atoms in total. The number of nitrogens with one attached hydrogen (secondary N) is 1. The molecule has 1 aromatic rings. The summed E-state index contributed by atoms with van der Waals surface area (Å²) in [6, 6.07) is 5.99. The summed E-state index contributed by atoms with van der Waals surface area (Å²) in [6.45, 7) is 3.50. The first-order valence-electron chi connectivity index (χ1n) is 8.54. The molecule has 1 heterocycles. The van der Waals surface area contributed by atoms with Crippen molar-refractivity contribution in [3.8, 4) is 5.75 Å². The van der Waals surface area contributed by atoms with E-state index in [0.29, 0.717) is 18.3 Å². The molecule has 0 aliphatic carbocycles. The lowest BCUT2D eigenvalue weighted by atomic mass is 10.0. The Hall–Kier alpha value is -1.27. The van der Waals surface area contributed by atoms with Gasteiger partial charge in [0.25, 0.3) is 0 Å². The van der Waals surface area contributed by atoms with Gasteiger partial charge in [0.2, 0.25) is 0 Å². The van der Waals surface area contributed by atoms with E-state index in [4.69, 9.17) is 5.73 Å². The number of alkyl halides is 3. The summed E-state index contributed by atoms with van der Waals surface area (Å²) in [5.41, 5.74) is 6.37. The van der Waals surface area contributed by atoms with Gasteiger partial charge in [-0.15, -0.1) is 37.1 Å². The highest BCUT2D eigenvalue weighted by Crippen LogP contribution is 2.23. The van der Waals surface area contributed by atoms with E-state index in [0.717, 1.165) is 32.5 Å². The van der Waals surface area contributed by atoms with Crippen LogP contribution in [0.4, 0.5) is 18.9 Å². The molecule has 154 valence electrons. The lowest BCUT2D eigenvalue weighted by molar-refractivity contribution is -0.274. The van der Waals surface area contributed by atoms with Gasteiger partial charge in [-0.2, -0.15) is 0 Å². The Morgan fingerprint density at radius 2 is 1.85 bits per heavy atom. The van der Waals surface area contributed by atoms with Crippen LogP contribution in [0.1, 0.15) is 12.8 Å². The fourth-order valence-corrected chi connectivity index (χ4v) is 2.90. The van der Waals surface area contributed by atoms with Crippen molar-refractivity contribution in [3.05, 3.63) is 24.3 Å². The smallest absolute Gasteiger partial charge is 0.406 e. The quantitative estimate of drug-likeness (QED) is 0.357. The molecule has 0 radical (unpaired) electrons. The Morgan fingerprint density at radius 1 is 1.26 bits per heavy atom. The molecule has 10 heteroatoms. The third-order valence-corrected chi connectivity index (χ3v) is 4.35. The Labute approximate surface area is 174 Å². The second-order valence-electron chi connectivity index (χ2n) is 6.50. The fourth-order valence-electron chi connectivity index (χ4n) is 2.90. The molecule has 0 atom stereocenters. The highest BCUT2D eigenvalue weighted by Gasteiger charge is 2.30. The van der Waals surface area contributed by atoms with Crippen LogP contribution < -0.4 is 15.8 Å². The molecule has 3 N–H and O–H groups in total. The summed E-state index contributed by atoms with van der Waals surface area (Å²) in [5.74, 6) is -0.0441. The minimum atomic E-state index is -4.70. The standard InChI is InChI=1S/C17H26F3N5O.HI/c1-24(2)14-7-10-25(11-8-14)12-9-22-16(21)23-13-3-5-15(6-4-13)26-17(18,19)20;/h3-6,14H,7-12H2,1-2H3,(H3,21,22,23);1H. The SMILES string of the molecule is CN(C)C1CCN(CCN=C(N)Nc2ccc(OC(F)(F)F)cc2)CC1.I. The minimum Gasteiger partial charge on any atom is -0.406 e. The number of likely N-dealkylation sites (tertiary alicyclic amines) is 1. The van der Waals surface area contributed by atoms with Crippen LogP contribution in [0.25, 0.3) is 0 Å². The van der Waals surface area contributed by atoms with E-state index < -0.39 is 6.36 Å². The number of halogens is 4. The minimum absolute atomic E-state index is 0. The highest BCUT2D eigenvalue weighted by atomic mass is 127. The molecule has 2 rings (SSSR count). The molecule has 0 spiro atoms. The van der Waals surface area contributed by atoms with Gasteiger partial charge in [0.05, 0.1) is 6.54 Å². The Kier molecular flexibility index (Phi) is 9.60. The maximum absolute atomic E-state index is 12.1. The van der Waals surface area contributed by atoms with Crippen molar-refractivity contribution in [1.29, 1.82) is 0 Å². The number of nitrogens with zero attached hydrogens (tertiary/aromatic N) is 3. The predicted octanol–water partition coefficient (Wildman–Crippen LogP) is 2.96. The number of rotatable bonds is 6. The van der Waals surface area contributed by atoms with Crippen molar-refractivity contribution in [2.24, 2.45) is 10.7 Å². The van der Waals surface area contributed by atoms with Crippen molar-refractivity contribution in [2.45, 2.75) is 25.2 Å². The van der Waals surface area contributed by atoms with E-state index in [1.54, 1.807) is 0 Å². The zero-order valence-electron chi connectivity index (χ0n) is 15.5. The van der Waals surface area contributed by atoms with Crippen LogP contribution in [0.2, 0.25) is 0 Å². The molecule has 27 heavy (non-hydrogen) atoms. The van der Waals surface area contributed by atoms with E-state index in [2.05, 4.69) is 38.9 Å².